The van der Waals surface area contributed by atoms with Crippen molar-refractivity contribution in [1.29, 1.82) is 0 Å². The molecule has 6 aromatic rings. The fourth-order valence-electron chi connectivity index (χ4n) is 5.96. The maximum atomic E-state index is 12.8. The fourth-order valence-corrected chi connectivity index (χ4v) is 7.63. The summed E-state index contributed by atoms with van der Waals surface area (Å²) in [5.74, 6) is -0.225. The zero-order valence-electron chi connectivity index (χ0n) is 27.7. The van der Waals surface area contributed by atoms with E-state index in [1.807, 2.05) is 134 Å². The highest BCUT2D eigenvalue weighted by Crippen LogP contribution is 2.39. The molecular formula is C40H38N2O6S2. The van der Waals surface area contributed by atoms with Gasteiger partial charge in [-0.15, -0.1) is 22.7 Å². The molecule has 0 amide bonds. The molecule has 0 saturated heterocycles. The summed E-state index contributed by atoms with van der Waals surface area (Å²) in [4.78, 5) is 27.4. The van der Waals surface area contributed by atoms with E-state index in [1.165, 1.54) is 22.7 Å². The number of esters is 2. The summed E-state index contributed by atoms with van der Waals surface area (Å²) in [5, 5.41) is 7.90. The van der Waals surface area contributed by atoms with Crippen LogP contribution >= 0.6 is 22.7 Å². The standard InChI is InChI=1S/C40H38N2O6S2/c1-39(33-19-9-23-49-33,47-31-17-7-13-27-11-3-5-15-29(27)31)25-35(41)45-37(43)21-22-38(44)46-36(42)26-40(2,34-20-10-24-50-34)48-32-18-8-14-28-12-4-6-16-30(28)32/h3-24,35-36H,25-26,41-42H2,1-2H3/b22-21-. The minimum atomic E-state index is -1.04. The van der Waals surface area contributed by atoms with Crippen LogP contribution in [0.5, 0.6) is 11.5 Å². The Kier molecular flexibility index (Phi) is 10.6. The average Bonchev–Trinajstić information content (AvgIpc) is 3.84. The Balaban J connectivity index is 1.08. The van der Waals surface area contributed by atoms with Crippen molar-refractivity contribution in [2.45, 2.75) is 50.3 Å². The highest BCUT2D eigenvalue weighted by molar-refractivity contribution is 7.10. The van der Waals surface area contributed by atoms with E-state index in [-0.39, 0.29) is 12.8 Å². The van der Waals surface area contributed by atoms with Crippen molar-refractivity contribution in [2.24, 2.45) is 11.5 Å². The third-order valence-corrected chi connectivity index (χ3v) is 10.6. The smallest absolute Gasteiger partial charge is 0.332 e. The maximum Gasteiger partial charge on any atom is 0.332 e. The Hall–Kier alpha value is -5.00. The second kappa shape index (κ2) is 15.3. The third-order valence-electron chi connectivity index (χ3n) is 8.33. The monoisotopic (exact) mass is 706 g/mol. The van der Waals surface area contributed by atoms with Gasteiger partial charge in [0.05, 0.1) is 0 Å². The summed E-state index contributed by atoms with van der Waals surface area (Å²) in [6.07, 6.45) is 0.199. The van der Waals surface area contributed by atoms with Gasteiger partial charge in [-0.1, -0.05) is 84.9 Å². The lowest BCUT2D eigenvalue weighted by atomic mass is 9.98. The van der Waals surface area contributed by atoms with Gasteiger partial charge >= 0.3 is 11.9 Å². The van der Waals surface area contributed by atoms with E-state index in [0.29, 0.717) is 11.5 Å². The molecule has 4 atom stereocenters. The summed E-state index contributed by atoms with van der Waals surface area (Å²) in [6.45, 7) is 3.83. The molecular weight excluding hydrogens is 669 g/mol. The molecule has 0 radical (unpaired) electrons. The van der Waals surface area contributed by atoms with Gasteiger partial charge in [-0.25, -0.2) is 9.59 Å². The van der Waals surface area contributed by atoms with E-state index in [1.54, 1.807) is 0 Å². The molecule has 0 saturated carbocycles. The van der Waals surface area contributed by atoms with Crippen LogP contribution in [0, 0.1) is 0 Å². The first-order valence-corrected chi connectivity index (χ1v) is 17.9. The Labute approximate surface area is 298 Å². The number of carbonyl (C=O) groups is 2. The molecule has 10 heteroatoms. The van der Waals surface area contributed by atoms with E-state index in [9.17, 15) is 9.59 Å². The Morgan fingerprint density at radius 2 is 1.00 bits per heavy atom. The van der Waals surface area contributed by atoms with E-state index in [4.69, 9.17) is 30.4 Å². The number of hydrogen-bond acceptors (Lipinski definition) is 10. The van der Waals surface area contributed by atoms with Gasteiger partial charge in [0.1, 0.15) is 22.7 Å². The SMILES string of the molecule is CC(CC(N)OC(=O)/C=C\C(=O)OC(N)CC(C)(Oc1cccc2ccccc12)c1cccs1)(Oc1cccc2ccccc12)c1cccs1. The molecule has 0 aliphatic rings. The van der Waals surface area contributed by atoms with Crippen LogP contribution in [0.4, 0.5) is 0 Å². The van der Waals surface area contributed by atoms with Crippen LogP contribution in [-0.4, -0.2) is 24.4 Å². The largest absolute Gasteiger partial charge is 0.481 e. The fraction of sp³-hybridized carbons (Fsp3) is 0.200. The van der Waals surface area contributed by atoms with E-state index in [0.717, 1.165) is 43.5 Å². The van der Waals surface area contributed by atoms with Crippen LogP contribution in [0.1, 0.15) is 36.4 Å². The maximum absolute atomic E-state index is 12.8. The third kappa shape index (κ3) is 8.23. The molecule has 0 fully saturated rings. The van der Waals surface area contributed by atoms with Gasteiger partial charge in [-0.2, -0.15) is 0 Å². The highest BCUT2D eigenvalue weighted by atomic mass is 32.1. The van der Waals surface area contributed by atoms with Crippen molar-refractivity contribution < 1.29 is 28.5 Å². The van der Waals surface area contributed by atoms with Gasteiger partial charge in [-0.3, -0.25) is 11.5 Å². The van der Waals surface area contributed by atoms with E-state index < -0.39 is 35.6 Å². The minimum absolute atomic E-state index is 0.156. The van der Waals surface area contributed by atoms with E-state index >= 15 is 0 Å². The first-order chi connectivity index (χ1) is 24.1. The molecule has 0 bridgehead atoms. The van der Waals surface area contributed by atoms with Crippen molar-refractivity contribution >= 4 is 56.2 Å². The zero-order valence-corrected chi connectivity index (χ0v) is 29.3. The predicted molar refractivity (Wildman–Crippen MR) is 199 cm³/mol. The van der Waals surface area contributed by atoms with Crippen molar-refractivity contribution in [3.8, 4) is 11.5 Å². The Morgan fingerprint density at radius 3 is 1.40 bits per heavy atom. The van der Waals surface area contributed by atoms with Crippen LogP contribution in [0.3, 0.4) is 0 Å². The summed E-state index contributed by atoms with van der Waals surface area (Å²) in [6, 6.07) is 35.4. The number of rotatable bonds is 14. The van der Waals surface area contributed by atoms with Crippen LogP contribution in [0.15, 0.2) is 132 Å². The molecule has 256 valence electrons. The molecule has 0 aliphatic heterocycles. The molecule has 2 aromatic heterocycles. The Bertz CT molecular complexity index is 1940. The first-order valence-electron chi connectivity index (χ1n) is 16.1. The van der Waals surface area contributed by atoms with Crippen LogP contribution in [-0.2, 0) is 30.3 Å². The second-order valence-electron chi connectivity index (χ2n) is 12.3. The zero-order chi connectivity index (χ0) is 35.1. The number of hydrogen-bond donors (Lipinski definition) is 2. The van der Waals surface area contributed by atoms with Crippen LogP contribution in [0.25, 0.3) is 21.5 Å². The lowest BCUT2D eigenvalue weighted by molar-refractivity contribution is -0.148. The first kappa shape index (κ1) is 34.8. The number of carbonyl (C=O) groups excluding carboxylic acids is 2. The summed E-state index contributed by atoms with van der Waals surface area (Å²) in [5.41, 5.74) is 10.9. The molecule has 4 N–H and O–H groups in total. The highest BCUT2D eigenvalue weighted by Gasteiger charge is 2.35. The Morgan fingerprint density at radius 1 is 0.600 bits per heavy atom. The topological polar surface area (TPSA) is 123 Å². The lowest BCUT2D eigenvalue weighted by Gasteiger charge is -2.32. The second-order valence-corrected chi connectivity index (χ2v) is 14.2. The van der Waals surface area contributed by atoms with Crippen molar-refractivity contribution in [3.05, 3.63) is 142 Å². The quantitative estimate of drug-likeness (QED) is 0.0658. The molecule has 6 rings (SSSR count). The molecule has 0 spiro atoms. The van der Waals surface area contributed by atoms with Crippen LogP contribution in [0.2, 0.25) is 0 Å². The summed E-state index contributed by atoms with van der Waals surface area (Å²) < 4.78 is 24.2. The minimum Gasteiger partial charge on any atom is -0.481 e. The summed E-state index contributed by atoms with van der Waals surface area (Å²) >= 11 is 3.04. The molecule has 0 aliphatic carbocycles. The molecule has 50 heavy (non-hydrogen) atoms. The van der Waals surface area contributed by atoms with Gasteiger partial charge < -0.3 is 18.9 Å². The van der Waals surface area contributed by atoms with Crippen molar-refractivity contribution in [2.75, 3.05) is 0 Å². The average molecular weight is 707 g/mol. The number of nitrogens with two attached hydrogens (primary N) is 2. The summed E-state index contributed by atoms with van der Waals surface area (Å²) in [7, 11) is 0. The molecule has 4 unspecified atom stereocenters. The molecule has 4 aromatic carbocycles. The lowest BCUT2D eigenvalue weighted by Crippen LogP contribution is -2.39. The number of benzene rings is 4. The number of thiophene rings is 2. The van der Waals surface area contributed by atoms with Gasteiger partial charge in [0.25, 0.3) is 0 Å². The molecule has 8 nitrogen and oxygen atoms in total. The van der Waals surface area contributed by atoms with Crippen molar-refractivity contribution in [1.82, 2.24) is 0 Å². The van der Waals surface area contributed by atoms with Gasteiger partial charge in [0.15, 0.2) is 12.5 Å². The molecule has 2 heterocycles. The van der Waals surface area contributed by atoms with Gasteiger partial charge in [0, 0.05) is 45.5 Å². The van der Waals surface area contributed by atoms with Crippen LogP contribution < -0.4 is 20.9 Å². The van der Waals surface area contributed by atoms with Gasteiger partial charge in [0.2, 0.25) is 0 Å². The van der Waals surface area contributed by atoms with Crippen molar-refractivity contribution in [3.63, 3.8) is 0 Å². The predicted octanol–water partition coefficient (Wildman–Crippen LogP) is 8.40. The number of ether oxygens (including phenoxy) is 4. The number of fused-ring (bicyclic) bond motifs is 2. The van der Waals surface area contributed by atoms with Gasteiger partial charge in [-0.05, 0) is 59.6 Å². The van der Waals surface area contributed by atoms with E-state index in [2.05, 4.69) is 0 Å². The normalized spacial score (nSPS) is 15.2.